The molecule has 2 atom stereocenters. The summed E-state index contributed by atoms with van der Waals surface area (Å²) in [5, 5.41) is 51.6. The van der Waals surface area contributed by atoms with Gasteiger partial charge in [-0.2, -0.15) is 0 Å². The molecular weight excluding hydrogens is 380 g/mol. The predicted molar refractivity (Wildman–Crippen MR) is 99.7 cm³/mol. The van der Waals surface area contributed by atoms with Crippen molar-refractivity contribution < 1.29 is 39.9 Å². The zero-order valence-corrected chi connectivity index (χ0v) is 15.6. The van der Waals surface area contributed by atoms with Crippen molar-refractivity contribution in [2.45, 2.75) is 31.0 Å². The van der Waals surface area contributed by atoms with Gasteiger partial charge in [-0.25, -0.2) is 0 Å². The molecule has 8 heteroatoms. The molecule has 0 saturated heterocycles. The van der Waals surface area contributed by atoms with E-state index in [0.29, 0.717) is 0 Å². The van der Waals surface area contributed by atoms with Crippen LogP contribution in [0, 0.1) is 0 Å². The first-order chi connectivity index (χ1) is 13.7. The zero-order chi connectivity index (χ0) is 21.1. The van der Waals surface area contributed by atoms with Crippen molar-refractivity contribution in [3.05, 3.63) is 51.6 Å². The van der Waals surface area contributed by atoms with Crippen LogP contribution in [0.3, 0.4) is 0 Å². The first kappa shape index (κ1) is 19.4. The van der Waals surface area contributed by atoms with E-state index < -0.39 is 41.4 Å². The van der Waals surface area contributed by atoms with Crippen LogP contribution in [0.4, 0.5) is 0 Å². The SMILES string of the molecule is COc1cccc2c1C(=O)c1c(O)c3c(c(O)c1C2=O)C[C@@](O)([C@@H](O)CO)CC3. The smallest absolute Gasteiger partial charge is 0.202 e. The van der Waals surface area contributed by atoms with Gasteiger partial charge in [0.2, 0.25) is 5.78 Å². The lowest BCUT2D eigenvalue weighted by Crippen LogP contribution is -2.48. The molecule has 0 radical (unpaired) electrons. The number of carbonyl (C=O) groups is 2. The molecule has 0 fully saturated rings. The Bertz CT molecular complexity index is 1060. The summed E-state index contributed by atoms with van der Waals surface area (Å²) < 4.78 is 5.19. The van der Waals surface area contributed by atoms with E-state index in [0.717, 1.165) is 0 Å². The molecule has 5 N–H and O–H groups in total. The molecule has 0 bridgehead atoms. The summed E-state index contributed by atoms with van der Waals surface area (Å²) >= 11 is 0. The van der Waals surface area contributed by atoms with Crippen molar-refractivity contribution in [3.63, 3.8) is 0 Å². The molecule has 0 heterocycles. The molecule has 0 aliphatic heterocycles. The van der Waals surface area contributed by atoms with Gasteiger partial charge in [0.15, 0.2) is 5.78 Å². The molecule has 0 unspecified atom stereocenters. The summed E-state index contributed by atoms with van der Waals surface area (Å²) in [5.41, 5.74) is -2.00. The highest BCUT2D eigenvalue weighted by Crippen LogP contribution is 2.48. The van der Waals surface area contributed by atoms with Gasteiger partial charge in [0.25, 0.3) is 0 Å². The van der Waals surface area contributed by atoms with Crippen molar-refractivity contribution >= 4 is 11.6 Å². The maximum absolute atomic E-state index is 13.1. The second kappa shape index (κ2) is 6.55. The fourth-order valence-electron chi connectivity index (χ4n) is 4.30. The molecule has 4 rings (SSSR count). The number of aliphatic hydroxyl groups is 3. The normalized spacial score (nSPS) is 21.2. The average Bonchev–Trinajstić information content (AvgIpc) is 2.73. The van der Waals surface area contributed by atoms with Gasteiger partial charge in [0.1, 0.15) is 23.4 Å². The molecule has 2 aliphatic rings. The van der Waals surface area contributed by atoms with Crippen LogP contribution in [0.2, 0.25) is 0 Å². The molecule has 2 aromatic rings. The van der Waals surface area contributed by atoms with Crippen molar-refractivity contribution in [2.75, 3.05) is 13.7 Å². The quantitative estimate of drug-likeness (QED) is 0.399. The maximum atomic E-state index is 13.1. The maximum Gasteiger partial charge on any atom is 0.202 e. The van der Waals surface area contributed by atoms with E-state index in [1.165, 1.54) is 19.2 Å². The van der Waals surface area contributed by atoms with Crippen LogP contribution in [-0.4, -0.2) is 62.5 Å². The van der Waals surface area contributed by atoms with Gasteiger partial charge in [0, 0.05) is 23.1 Å². The first-order valence-electron chi connectivity index (χ1n) is 9.12. The number of aromatic hydroxyl groups is 2. The molecule has 152 valence electrons. The molecule has 8 nitrogen and oxygen atoms in total. The topological polar surface area (TPSA) is 145 Å². The number of benzene rings is 2. The largest absolute Gasteiger partial charge is 0.507 e. The fourth-order valence-corrected chi connectivity index (χ4v) is 4.30. The van der Waals surface area contributed by atoms with Gasteiger partial charge in [-0.05, 0) is 18.9 Å². The number of phenols is 2. The van der Waals surface area contributed by atoms with Crippen molar-refractivity contribution in [2.24, 2.45) is 0 Å². The number of fused-ring (bicyclic) bond motifs is 3. The zero-order valence-electron chi connectivity index (χ0n) is 15.6. The van der Waals surface area contributed by atoms with E-state index >= 15 is 0 Å². The Morgan fingerprint density at radius 2 is 1.72 bits per heavy atom. The number of ether oxygens (including phenoxy) is 1. The minimum absolute atomic E-state index is 0.00441. The van der Waals surface area contributed by atoms with Crippen LogP contribution in [0.1, 0.15) is 49.4 Å². The molecular formula is C21H20O8. The fraction of sp³-hybridized carbons (Fsp3) is 0.333. The van der Waals surface area contributed by atoms with Crippen molar-refractivity contribution in [1.29, 1.82) is 0 Å². The van der Waals surface area contributed by atoms with Gasteiger partial charge in [-0.1, -0.05) is 12.1 Å². The van der Waals surface area contributed by atoms with E-state index in [9.17, 15) is 35.1 Å². The summed E-state index contributed by atoms with van der Waals surface area (Å²) in [6.45, 7) is -0.686. The third-order valence-corrected chi connectivity index (χ3v) is 5.92. The van der Waals surface area contributed by atoms with Gasteiger partial charge in [-0.15, -0.1) is 0 Å². The Balaban J connectivity index is 1.95. The van der Waals surface area contributed by atoms with Crippen LogP contribution in [0.15, 0.2) is 18.2 Å². The average molecular weight is 400 g/mol. The van der Waals surface area contributed by atoms with Gasteiger partial charge in [0.05, 0.1) is 36.0 Å². The van der Waals surface area contributed by atoms with Gasteiger partial charge in [-0.3, -0.25) is 9.59 Å². The predicted octanol–water partition coefficient (Wildman–Crippen LogP) is 0.455. The summed E-state index contributed by atoms with van der Waals surface area (Å²) in [4.78, 5) is 26.2. The molecule has 0 aromatic heterocycles. The minimum Gasteiger partial charge on any atom is -0.507 e. The highest BCUT2D eigenvalue weighted by Gasteiger charge is 2.45. The second-order valence-electron chi connectivity index (χ2n) is 7.42. The molecule has 0 spiro atoms. The van der Waals surface area contributed by atoms with Crippen molar-refractivity contribution in [1.82, 2.24) is 0 Å². The Morgan fingerprint density at radius 1 is 1.07 bits per heavy atom. The summed E-state index contributed by atoms with van der Waals surface area (Å²) in [6, 6.07) is 4.50. The van der Waals surface area contributed by atoms with Crippen LogP contribution < -0.4 is 4.74 Å². The third-order valence-electron chi connectivity index (χ3n) is 5.92. The number of methoxy groups -OCH3 is 1. The van der Waals surface area contributed by atoms with Crippen LogP contribution in [-0.2, 0) is 12.8 Å². The Morgan fingerprint density at radius 3 is 2.38 bits per heavy atom. The molecule has 0 amide bonds. The second-order valence-corrected chi connectivity index (χ2v) is 7.42. The number of carbonyl (C=O) groups excluding carboxylic acids is 2. The molecule has 29 heavy (non-hydrogen) atoms. The van der Waals surface area contributed by atoms with Crippen molar-refractivity contribution in [3.8, 4) is 17.2 Å². The number of rotatable bonds is 3. The Kier molecular flexibility index (Phi) is 4.38. The number of ketones is 2. The van der Waals surface area contributed by atoms with Crippen LogP contribution in [0.5, 0.6) is 17.2 Å². The summed E-state index contributed by atoms with van der Waals surface area (Å²) in [5.74, 6) is -2.05. The van der Waals surface area contributed by atoms with E-state index in [2.05, 4.69) is 0 Å². The van der Waals surface area contributed by atoms with Crippen LogP contribution in [0.25, 0.3) is 0 Å². The summed E-state index contributed by atoms with van der Waals surface area (Å²) in [6.07, 6.45) is -1.72. The lowest BCUT2D eigenvalue weighted by molar-refractivity contribution is -0.102. The number of aliphatic hydroxyl groups excluding tert-OH is 2. The van der Waals surface area contributed by atoms with E-state index in [1.54, 1.807) is 6.07 Å². The highest BCUT2D eigenvalue weighted by atomic mass is 16.5. The van der Waals surface area contributed by atoms with E-state index in [-0.39, 0.29) is 58.4 Å². The first-order valence-corrected chi connectivity index (χ1v) is 9.12. The minimum atomic E-state index is -1.73. The Labute approximate surface area is 165 Å². The van der Waals surface area contributed by atoms with Gasteiger partial charge < -0.3 is 30.3 Å². The van der Waals surface area contributed by atoms with Crippen LogP contribution >= 0.6 is 0 Å². The molecule has 2 aliphatic carbocycles. The monoisotopic (exact) mass is 400 g/mol. The van der Waals surface area contributed by atoms with Gasteiger partial charge >= 0.3 is 0 Å². The standard InChI is InChI=1S/C21H20O8/c1-29-12-4-2-3-10-14(12)20(27)16-15(18(10)25)19(26)11-7-21(28,13(23)8-22)6-5-9(11)17(16)24/h2-4,13,22-24,26,28H,5-8H2,1H3/t13-,21+/m0/s1. The number of phenolic OH excluding ortho intramolecular Hbond substituents is 2. The lowest BCUT2D eigenvalue weighted by atomic mass is 9.72. The molecule has 2 aromatic carbocycles. The summed E-state index contributed by atoms with van der Waals surface area (Å²) in [7, 11) is 1.36. The van der Waals surface area contributed by atoms with E-state index in [4.69, 9.17) is 4.74 Å². The number of hydrogen-bond donors (Lipinski definition) is 5. The molecule has 0 saturated carbocycles. The highest BCUT2D eigenvalue weighted by molar-refractivity contribution is 6.31. The number of hydrogen-bond acceptors (Lipinski definition) is 8. The lowest BCUT2D eigenvalue weighted by Gasteiger charge is -2.38. The Hall–Kier alpha value is -2.94. The third kappa shape index (κ3) is 2.57. The van der Waals surface area contributed by atoms with E-state index in [1.807, 2.05) is 0 Å².